The van der Waals surface area contributed by atoms with Crippen LogP contribution in [-0.2, 0) is 4.74 Å². The van der Waals surface area contributed by atoms with Crippen LogP contribution in [0.15, 0.2) is 18.3 Å². The number of ether oxygens (including phenoxy) is 1. The molecule has 0 spiro atoms. The van der Waals surface area contributed by atoms with E-state index >= 15 is 0 Å². The van der Waals surface area contributed by atoms with Gasteiger partial charge < -0.3 is 4.74 Å². The number of hydrogen-bond acceptors (Lipinski definition) is 4. The summed E-state index contributed by atoms with van der Waals surface area (Å²) < 4.78 is 5.14. The van der Waals surface area contributed by atoms with Crippen LogP contribution in [0.4, 0.5) is 10.6 Å². The van der Waals surface area contributed by atoms with E-state index in [-0.39, 0.29) is 11.6 Å². The van der Waals surface area contributed by atoms with E-state index in [2.05, 4.69) is 10.3 Å². The van der Waals surface area contributed by atoms with Crippen LogP contribution in [0.3, 0.4) is 0 Å². The van der Waals surface area contributed by atoms with Crippen LogP contribution in [0, 0.1) is 0 Å². The zero-order chi connectivity index (χ0) is 14.5. The lowest BCUT2D eigenvalue weighted by atomic mass is 10.1. The molecule has 0 atom stereocenters. The summed E-state index contributed by atoms with van der Waals surface area (Å²) in [4.78, 5) is 27.6. The Morgan fingerprint density at radius 2 is 2.05 bits per heavy atom. The van der Waals surface area contributed by atoms with Gasteiger partial charge in [-0.3, -0.25) is 10.1 Å². The summed E-state index contributed by atoms with van der Waals surface area (Å²) in [5.74, 6) is 0.205. The van der Waals surface area contributed by atoms with E-state index in [9.17, 15) is 9.59 Å². The fourth-order valence-electron chi connectivity index (χ4n) is 1.49. The van der Waals surface area contributed by atoms with Crippen LogP contribution < -0.4 is 5.32 Å². The Labute approximate surface area is 113 Å². The van der Waals surface area contributed by atoms with Gasteiger partial charge in [0.25, 0.3) is 0 Å². The fourth-order valence-corrected chi connectivity index (χ4v) is 1.49. The van der Waals surface area contributed by atoms with Crippen molar-refractivity contribution in [3.63, 3.8) is 0 Å². The second-order valence-corrected chi connectivity index (χ2v) is 5.20. The van der Waals surface area contributed by atoms with Gasteiger partial charge in [-0.25, -0.2) is 9.78 Å². The molecule has 1 rings (SSSR count). The van der Waals surface area contributed by atoms with Gasteiger partial charge in [0.2, 0.25) is 0 Å². The summed E-state index contributed by atoms with van der Waals surface area (Å²) in [5, 5.41) is 2.51. The Hall–Kier alpha value is -1.91. The number of carbonyl (C=O) groups excluding carboxylic acids is 2. The number of amides is 1. The van der Waals surface area contributed by atoms with E-state index in [1.807, 2.05) is 6.92 Å². The van der Waals surface area contributed by atoms with Crippen molar-refractivity contribution in [2.45, 2.75) is 46.1 Å². The molecule has 5 nitrogen and oxygen atoms in total. The third kappa shape index (κ3) is 5.07. The second-order valence-electron chi connectivity index (χ2n) is 5.20. The maximum absolute atomic E-state index is 11.9. The van der Waals surface area contributed by atoms with Crippen molar-refractivity contribution in [2.24, 2.45) is 0 Å². The summed E-state index contributed by atoms with van der Waals surface area (Å²) in [6.07, 6.45) is 2.08. The molecular formula is C14H20N2O3. The highest BCUT2D eigenvalue weighted by atomic mass is 16.6. The van der Waals surface area contributed by atoms with Crippen molar-refractivity contribution in [3.05, 3.63) is 23.9 Å². The molecule has 5 heteroatoms. The lowest BCUT2D eigenvalue weighted by Crippen LogP contribution is -2.28. The van der Waals surface area contributed by atoms with Gasteiger partial charge in [0.05, 0.1) is 5.56 Å². The van der Waals surface area contributed by atoms with E-state index in [0.717, 1.165) is 6.42 Å². The average Bonchev–Trinajstić information content (AvgIpc) is 2.27. The minimum absolute atomic E-state index is 0.0401. The van der Waals surface area contributed by atoms with Crippen LogP contribution >= 0.6 is 0 Å². The quantitative estimate of drug-likeness (QED) is 0.846. The number of aromatic nitrogens is 1. The number of nitrogens with one attached hydrogen (secondary N) is 1. The molecule has 1 N–H and O–H groups in total. The standard InChI is InChI=1S/C14H20N2O3/c1-5-7-11(17)10-8-6-9-15-12(10)16-13(18)19-14(2,3)4/h6,8-9H,5,7H2,1-4H3,(H,15,16,18). The van der Waals surface area contributed by atoms with Gasteiger partial charge in [-0.15, -0.1) is 0 Å². The smallest absolute Gasteiger partial charge is 0.413 e. The van der Waals surface area contributed by atoms with Crippen molar-refractivity contribution in [1.82, 2.24) is 4.98 Å². The van der Waals surface area contributed by atoms with Crippen molar-refractivity contribution in [2.75, 3.05) is 5.32 Å². The van der Waals surface area contributed by atoms with Crippen molar-refractivity contribution in [1.29, 1.82) is 0 Å². The molecule has 0 fully saturated rings. The number of nitrogens with zero attached hydrogens (tertiary/aromatic N) is 1. The number of Topliss-reactive ketones (excluding diaryl/α,β-unsaturated/α-hetero) is 1. The highest BCUT2D eigenvalue weighted by molar-refractivity contribution is 6.02. The van der Waals surface area contributed by atoms with Gasteiger partial charge in [0.15, 0.2) is 5.78 Å². The first-order chi connectivity index (χ1) is 8.83. The molecule has 0 aliphatic heterocycles. The SMILES string of the molecule is CCCC(=O)c1cccnc1NC(=O)OC(C)(C)C. The van der Waals surface area contributed by atoms with Crippen molar-refractivity contribution in [3.8, 4) is 0 Å². The summed E-state index contributed by atoms with van der Waals surface area (Å²) in [7, 11) is 0. The minimum atomic E-state index is -0.614. The molecule has 0 saturated carbocycles. The maximum atomic E-state index is 11.9. The predicted molar refractivity (Wildman–Crippen MR) is 73.3 cm³/mol. The zero-order valence-corrected chi connectivity index (χ0v) is 11.8. The third-order valence-electron chi connectivity index (χ3n) is 2.20. The van der Waals surface area contributed by atoms with Crippen molar-refractivity contribution >= 4 is 17.7 Å². The van der Waals surface area contributed by atoms with Crippen LogP contribution in [0.1, 0.15) is 50.9 Å². The zero-order valence-electron chi connectivity index (χ0n) is 11.8. The van der Waals surface area contributed by atoms with Crippen LogP contribution in [0.25, 0.3) is 0 Å². The third-order valence-corrected chi connectivity index (χ3v) is 2.20. The molecular weight excluding hydrogens is 244 g/mol. The van der Waals surface area contributed by atoms with Gasteiger partial charge >= 0.3 is 6.09 Å². The first-order valence-corrected chi connectivity index (χ1v) is 6.31. The van der Waals surface area contributed by atoms with E-state index in [1.165, 1.54) is 6.20 Å². The van der Waals surface area contributed by atoms with Crippen LogP contribution in [-0.4, -0.2) is 22.5 Å². The first kappa shape index (κ1) is 15.1. The summed E-state index contributed by atoms with van der Waals surface area (Å²) in [5.41, 5.74) is -0.179. The predicted octanol–water partition coefficient (Wildman–Crippen LogP) is 3.41. The number of rotatable bonds is 4. The Balaban J connectivity index is 2.84. The van der Waals surface area contributed by atoms with Gasteiger partial charge in [0.1, 0.15) is 11.4 Å². The number of carbonyl (C=O) groups is 2. The van der Waals surface area contributed by atoms with Gasteiger partial charge in [-0.05, 0) is 39.3 Å². The normalized spacial score (nSPS) is 10.9. The Morgan fingerprint density at radius 1 is 1.37 bits per heavy atom. The molecule has 0 aromatic carbocycles. The second kappa shape index (κ2) is 6.31. The van der Waals surface area contributed by atoms with Crippen molar-refractivity contribution < 1.29 is 14.3 Å². The number of pyridine rings is 1. The Bertz CT molecular complexity index is 464. The molecule has 1 aromatic heterocycles. The topological polar surface area (TPSA) is 68.3 Å². The summed E-state index contributed by atoms with van der Waals surface area (Å²) in [6, 6.07) is 3.32. The molecule has 0 bridgehead atoms. The monoisotopic (exact) mass is 264 g/mol. The molecule has 0 aliphatic carbocycles. The Morgan fingerprint density at radius 3 is 2.63 bits per heavy atom. The maximum Gasteiger partial charge on any atom is 0.413 e. The molecule has 19 heavy (non-hydrogen) atoms. The molecule has 0 saturated heterocycles. The fraction of sp³-hybridized carbons (Fsp3) is 0.500. The van der Waals surface area contributed by atoms with Crippen LogP contribution in [0.2, 0.25) is 0 Å². The number of anilines is 1. The van der Waals surface area contributed by atoms with E-state index in [1.54, 1.807) is 32.9 Å². The lowest BCUT2D eigenvalue weighted by molar-refractivity contribution is 0.0635. The van der Waals surface area contributed by atoms with E-state index in [0.29, 0.717) is 12.0 Å². The van der Waals surface area contributed by atoms with E-state index in [4.69, 9.17) is 4.74 Å². The summed E-state index contributed by atoms with van der Waals surface area (Å²) in [6.45, 7) is 7.24. The first-order valence-electron chi connectivity index (χ1n) is 6.31. The highest BCUT2D eigenvalue weighted by Gasteiger charge is 2.19. The molecule has 104 valence electrons. The number of ketones is 1. The minimum Gasteiger partial charge on any atom is -0.444 e. The lowest BCUT2D eigenvalue weighted by Gasteiger charge is -2.19. The van der Waals surface area contributed by atoms with Gasteiger partial charge in [-0.2, -0.15) is 0 Å². The Kier molecular flexibility index (Phi) is 5.03. The van der Waals surface area contributed by atoms with Crippen LogP contribution in [0.5, 0.6) is 0 Å². The molecule has 1 heterocycles. The van der Waals surface area contributed by atoms with Gasteiger partial charge in [-0.1, -0.05) is 6.92 Å². The highest BCUT2D eigenvalue weighted by Crippen LogP contribution is 2.16. The average molecular weight is 264 g/mol. The largest absolute Gasteiger partial charge is 0.444 e. The molecule has 0 radical (unpaired) electrons. The molecule has 1 amide bonds. The number of hydrogen-bond donors (Lipinski definition) is 1. The van der Waals surface area contributed by atoms with E-state index < -0.39 is 11.7 Å². The molecule has 0 aliphatic rings. The summed E-state index contributed by atoms with van der Waals surface area (Å²) >= 11 is 0. The molecule has 0 unspecified atom stereocenters. The molecule has 1 aromatic rings. The van der Waals surface area contributed by atoms with Gasteiger partial charge in [0, 0.05) is 12.6 Å².